The molecule has 0 aromatic rings. The fourth-order valence-corrected chi connectivity index (χ4v) is 3.03. The molecule has 0 amide bonds. The summed E-state index contributed by atoms with van der Waals surface area (Å²) in [6.45, 7) is 4.26. The molecule has 1 saturated carbocycles. The lowest BCUT2D eigenvalue weighted by Gasteiger charge is -2.40. The van der Waals surface area contributed by atoms with Gasteiger partial charge in [0, 0.05) is 0 Å². The maximum Gasteiger partial charge on any atom is 0.104 e. The molecule has 0 aromatic carbocycles. The predicted octanol–water partition coefficient (Wildman–Crippen LogP) is 3.87. The summed E-state index contributed by atoms with van der Waals surface area (Å²) in [4.78, 5) is 0. The maximum absolute atomic E-state index is 13.6. The van der Waals surface area contributed by atoms with E-state index in [4.69, 9.17) is 0 Å². The highest BCUT2D eigenvalue weighted by Crippen LogP contribution is 2.53. The van der Waals surface area contributed by atoms with Crippen LogP contribution in [0.5, 0.6) is 0 Å². The minimum absolute atomic E-state index is 0.254. The van der Waals surface area contributed by atoms with E-state index in [0.717, 1.165) is 19.3 Å². The number of hydrogen-bond donors (Lipinski definition) is 0. The number of alkyl halides is 1. The minimum Gasteiger partial charge on any atom is -0.247 e. The Morgan fingerprint density at radius 2 is 2.38 bits per heavy atom. The van der Waals surface area contributed by atoms with Gasteiger partial charge in [-0.25, -0.2) is 4.39 Å². The van der Waals surface area contributed by atoms with Crippen molar-refractivity contribution in [1.82, 2.24) is 0 Å². The highest BCUT2D eigenvalue weighted by atomic mass is 19.1. The first kappa shape index (κ1) is 9.23. The van der Waals surface area contributed by atoms with Crippen molar-refractivity contribution in [2.45, 2.75) is 52.1 Å². The lowest BCUT2D eigenvalue weighted by Crippen LogP contribution is -2.33. The fourth-order valence-electron chi connectivity index (χ4n) is 3.03. The summed E-state index contributed by atoms with van der Waals surface area (Å²) in [6.07, 6.45) is 7.12. The number of rotatable bonds is 1. The Morgan fingerprint density at radius 3 is 3.08 bits per heavy atom. The lowest BCUT2D eigenvalue weighted by molar-refractivity contribution is 0.113. The molecule has 0 saturated heterocycles. The summed E-state index contributed by atoms with van der Waals surface area (Å²) in [5.41, 5.74) is 1.84. The summed E-state index contributed by atoms with van der Waals surface area (Å²) < 4.78 is 13.6. The standard InChI is InChI=1S/C12H19F/c1-3-12-6-4-5-10(12)7-9(2)11(13)8-12/h5,9,11H,3-4,6-8H2,1-2H3/t9-,11+,12+/m0/s1. The molecule has 0 aliphatic heterocycles. The lowest BCUT2D eigenvalue weighted by atomic mass is 9.66. The van der Waals surface area contributed by atoms with Crippen LogP contribution in [0.2, 0.25) is 0 Å². The molecule has 2 aliphatic rings. The molecule has 2 aliphatic carbocycles. The molecule has 0 bridgehead atoms. The quantitative estimate of drug-likeness (QED) is 0.540. The summed E-state index contributed by atoms with van der Waals surface area (Å²) in [5, 5.41) is 0. The minimum atomic E-state index is -0.560. The molecule has 0 spiro atoms. The molecule has 0 unspecified atom stereocenters. The second-order valence-corrected chi connectivity index (χ2v) is 4.80. The fraction of sp³-hybridized carbons (Fsp3) is 0.833. The Morgan fingerprint density at radius 1 is 1.62 bits per heavy atom. The van der Waals surface area contributed by atoms with Crippen molar-refractivity contribution in [2.75, 3.05) is 0 Å². The van der Waals surface area contributed by atoms with Crippen molar-refractivity contribution in [3.63, 3.8) is 0 Å². The topological polar surface area (TPSA) is 0 Å². The Balaban J connectivity index is 2.22. The molecule has 1 fully saturated rings. The van der Waals surface area contributed by atoms with Gasteiger partial charge in [-0.05, 0) is 43.4 Å². The zero-order chi connectivity index (χ0) is 9.47. The molecule has 0 aromatic heterocycles. The largest absolute Gasteiger partial charge is 0.247 e. The smallest absolute Gasteiger partial charge is 0.104 e. The van der Waals surface area contributed by atoms with Gasteiger partial charge in [-0.1, -0.05) is 25.5 Å². The monoisotopic (exact) mass is 182 g/mol. The molecule has 0 nitrogen and oxygen atoms in total. The van der Waals surface area contributed by atoms with E-state index in [2.05, 4.69) is 13.0 Å². The van der Waals surface area contributed by atoms with E-state index in [-0.39, 0.29) is 11.3 Å². The zero-order valence-corrected chi connectivity index (χ0v) is 8.65. The van der Waals surface area contributed by atoms with Crippen LogP contribution < -0.4 is 0 Å². The Hall–Kier alpha value is -0.330. The number of hydrogen-bond acceptors (Lipinski definition) is 0. The molecule has 13 heavy (non-hydrogen) atoms. The van der Waals surface area contributed by atoms with Crippen LogP contribution in [0, 0.1) is 11.3 Å². The van der Waals surface area contributed by atoms with Crippen LogP contribution in [0.1, 0.15) is 46.0 Å². The van der Waals surface area contributed by atoms with Gasteiger partial charge < -0.3 is 0 Å². The van der Waals surface area contributed by atoms with E-state index >= 15 is 0 Å². The van der Waals surface area contributed by atoms with Crippen LogP contribution in [-0.2, 0) is 0 Å². The van der Waals surface area contributed by atoms with Gasteiger partial charge >= 0.3 is 0 Å². The van der Waals surface area contributed by atoms with Crippen LogP contribution in [0.3, 0.4) is 0 Å². The van der Waals surface area contributed by atoms with E-state index in [1.807, 2.05) is 6.92 Å². The van der Waals surface area contributed by atoms with E-state index in [1.165, 1.54) is 12.8 Å². The predicted molar refractivity (Wildman–Crippen MR) is 53.3 cm³/mol. The summed E-state index contributed by atoms with van der Waals surface area (Å²) in [5.74, 6) is 0.254. The Bertz CT molecular complexity index is 231. The van der Waals surface area contributed by atoms with Gasteiger partial charge in [0.2, 0.25) is 0 Å². The van der Waals surface area contributed by atoms with Gasteiger partial charge in [0.15, 0.2) is 0 Å². The van der Waals surface area contributed by atoms with Gasteiger partial charge in [0.1, 0.15) is 6.17 Å². The van der Waals surface area contributed by atoms with Crippen molar-refractivity contribution in [3.05, 3.63) is 11.6 Å². The summed E-state index contributed by atoms with van der Waals surface area (Å²) >= 11 is 0. The second kappa shape index (κ2) is 3.11. The van der Waals surface area contributed by atoms with Crippen molar-refractivity contribution in [2.24, 2.45) is 11.3 Å². The number of fused-ring (bicyclic) bond motifs is 1. The van der Waals surface area contributed by atoms with Crippen molar-refractivity contribution >= 4 is 0 Å². The van der Waals surface area contributed by atoms with E-state index in [1.54, 1.807) is 5.57 Å². The van der Waals surface area contributed by atoms with Gasteiger partial charge in [0.25, 0.3) is 0 Å². The second-order valence-electron chi connectivity index (χ2n) is 4.80. The van der Waals surface area contributed by atoms with Gasteiger partial charge in [-0.2, -0.15) is 0 Å². The Kier molecular flexibility index (Phi) is 2.21. The summed E-state index contributed by atoms with van der Waals surface area (Å²) in [7, 11) is 0. The van der Waals surface area contributed by atoms with E-state index in [9.17, 15) is 4.39 Å². The van der Waals surface area contributed by atoms with Crippen LogP contribution in [0.25, 0.3) is 0 Å². The Labute approximate surface area is 80.2 Å². The molecule has 74 valence electrons. The first-order chi connectivity index (χ1) is 6.18. The molecule has 0 N–H and O–H groups in total. The SMILES string of the molecule is CC[C@]12CCC=C1C[C@H](C)[C@H](F)C2. The molecular weight excluding hydrogens is 163 g/mol. The molecule has 2 rings (SSSR count). The van der Waals surface area contributed by atoms with Crippen molar-refractivity contribution < 1.29 is 4.39 Å². The third kappa shape index (κ3) is 1.33. The van der Waals surface area contributed by atoms with Gasteiger partial charge in [-0.15, -0.1) is 0 Å². The van der Waals surface area contributed by atoms with Crippen LogP contribution in [-0.4, -0.2) is 6.17 Å². The van der Waals surface area contributed by atoms with E-state index < -0.39 is 6.17 Å². The first-order valence-corrected chi connectivity index (χ1v) is 5.51. The third-order valence-corrected chi connectivity index (χ3v) is 4.12. The van der Waals surface area contributed by atoms with E-state index in [0.29, 0.717) is 0 Å². The van der Waals surface area contributed by atoms with Crippen LogP contribution >= 0.6 is 0 Å². The van der Waals surface area contributed by atoms with Crippen LogP contribution in [0.4, 0.5) is 4.39 Å². The third-order valence-electron chi connectivity index (χ3n) is 4.12. The first-order valence-electron chi connectivity index (χ1n) is 5.51. The molecule has 0 radical (unpaired) electrons. The average Bonchev–Trinajstić information content (AvgIpc) is 2.49. The molecule has 0 heterocycles. The maximum atomic E-state index is 13.6. The number of allylic oxidation sites excluding steroid dienone is 2. The highest BCUT2D eigenvalue weighted by molar-refractivity contribution is 5.23. The molecular formula is C12H19F. The van der Waals surface area contributed by atoms with Crippen molar-refractivity contribution in [1.29, 1.82) is 0 Å². The van der Waals surface area contributed by atoms with Gasteiger partial charge in [0.05, 0.1) is 0 Å². The van der Waals surface area contributed by atoms with Crippen molar-refractivity contribution in [3.8, 4) is 0 Å². The normalized spacial score (nSPS) is 44.4. The molecule has 3 atom stereocenters. The molecule has 1 heteroatoms. The average molecular weight is 182 g/mol. The number of halogens is 1. The highest BCUT2D eigenvalue weighted by Gasteiger charge is 2.43. The van der Waals surface area contributed by atoms with Gasteiger partial charge in [-0.3, -0.25) is 0 Å². The van der Waals surface area contributed by atoms with Crippen LogP contribution in [0.15, 0.2) is 11.6 Å². The summed E-state index contributed by atoms with van der Waals surface area (Å²) in [6, 6.07) is 0. The zero-order valence-electron chi connectivity index (χ0n) is 8.65.